The molecule has 5 aliphatic heterocycles. The zero-order valence-electron chi connectivity index (χ0n) is 30.7. The van der Waals surface area contributed by atoms with Crippen molar-refractivity contribution in [3.63, 3.8) is 0 Å². The van der Waals surface area contributed by atoms with Gasteiger partial charge in [0.15, 0.2) is 17.4 Å². The van der Waals surface area contributed by atoms with Gasteiger partial charge >= 0.3 is 12.0 Å². The molecule has 5 atom stereocenters. The number of aromatic nitrogens is 3. The maximum Gasteiger partial charge on any atom is 0.328 e. The number of piperidine rings is 1. The summed E-state index contributed by atoms with van der Waals surface area (Å²) in [4.78, 5) is 35.2. The zero-order valence-corrected chi connectivity index (χ0v) is 31.5. The van der Waals surface area contributed by atoms with Gasteiger partial charge in [-0.2, -0.15) is 15.0 Å². The summed E-state index contributed by atoms with van der Waals surface area (Å²) in [5.41, 5.74) is -1.27. The smallest absolute Gasteiger partial charge is 0.328 e. The number of carbonyl (C=O) groups is 1. The molecule has 0 amide bonds. The first kappa shape index (κ1) is 35.3. The fourth-order valence-corrected chi connectivity index (χ4v) is 10.1. The zero-order chi connectivity index (χ0) is 37.6. The highest BCUT2D eigenvalue weighted by Gasteiger charge is 2.79. The number of hydrogen-bond donors (Lipinski definition) is 0. The Balaban J connectivity index is 1.10. The van der Waals surface area contributed by atoms with Crippen LogP contribution in [-0.2, 0) is 14.3 Å². The lowest BCUT2D eigenvalue weighted by atomic mass is 9.94. The summed E-state index contributed by atoms with van der Waals surface area (Å²) in [6.45, 7) is 8.70. The van der Waals surface area contributed by atoms with Gasteiger partial charge < -0.3 is 28.6 Å². The van der Waals surface area contributed by atoms with Crippen molar-refractivity contribution in [1.82, 2.24) is 24.8 Å². The van der Waals surface area contributed by atoms with Gasteiger partial charge in [0.05, 0.1) is 23.2 Å². The van der Waals surface area contributed by atoms with Gasteiger partial charge in [-0.05, 0) is 77.1 Å². The van der Waals surface area contributed by atoms with Crippen molar-refractivity contribution in [3.05, 3.63) is 35.6 Å². The largest absolute Gasteiger partial charge is 0.467 e. The molecular formula is C39H42F2N6O6S. The lowest BCUT2D eigenvalue weighted by molar-refractivity contribution is -0.159. The van der Waals surface area contributed by atoms with Crippen LogP contribution in [0.3, 0.4) is 0 Å². The van der Waals surface area contributed by atoms with Crippen LogP contribution in [0, 0.1) is 18.2 Å². The number of methoxy groups -OCH3 is 1. The maximum absolute atomic E-state index is 15.8. The van der Waals surface area contributed by atoms with E-state index in [0.29, 0.717) is 45.8 Å². The van der Waals surface area contributed by atoms with E-state index in [-0.39, 0.29) is 53.9 Å². The predicted octanol–water partition coefficient (Wildman–Crippen LogP) is 5.84. The number of anilines is 1. The van der Waals surface area contributed by atoms with Crippen LogP contribution >= 0.6 is 11.3 Å². The average molecular weight is 761 g/mol. The molecular weight excluding hydrogens is 719 g/mol. The number of thiazole rings is 1. The number of rotatable bonds is 10. The lowest BCUT2D eigenvalue weighted by Crippen LogP contribution is -2.49. The fraction of sp³-hybridized carbons (Fsp3) is 0.538. The number of ether oxygens (including phenoxy) is 5. The number of carbonyl (C=O) groups excluding carboxylic acids is 1. The molecule has 0 spiro atoms. The van der Waals surface area contributed by atoms with E-state index in [9.17, 15) is 4.79 Å². The van der Waals surface area contributed by atoms with Gasteiger partial charge in [0.1, 0.15) is 46.8 Å². The van der Waals surface area contributed by atoms with Crippen LogP contribution in [-0.4, -0.2) is 112 Å². The topological polar surface area (TPSA) is 111 Å². The summed E-state index contributed by atoms with van der Waals surface area (Å²) in [5, 5.41) is 1.19. The summed E-state index contributed by atoms with van der Waals surface area (Å²) in [6, 6.07) is 5.68. The van der Waals surface area contributed by atoms with Gasteiger partial charge in [0.2, 0.25) is 0 Å². The Labute approximate surface area is 315 Å². The monoisotopic (exact) mass is 760 g/mol. The third-order valence-electron chi connectivity index (χ3n) is 11.6. The number of terminal acetylenes is 1. The fourth-order valence-electron chi connectivity index (χ4n) is 9.27. The Morgan fingerprint density at radius 1 is 1.11 bits per heavy atom. The number of piperazine rings is 1. The highest BCUT2D eigenvalue weighted by atomic mass is 32.1. The molecule has 2 aromatic carbocycles. The summed E-state index contributed by atoms with van der Waals surface area (Å²) in [7, 11) is 1.51. The molecule has 2 aromatic heterocycles. The van der Waals surface area contributed by atoms with Gasteiger partial charge in [-0.3, -0.25) is 9.80 Å². The highest BCUT2D eigenvalue weighted by Crippen LogP contribution is 2.58. The molecule has 5 saturated heterocycles. The van der Waals surface area contributed by atoms with Gasteiger partial charge in [0, 0.05) is 38.1 Å². The second-order valence-electron chi connectivity index (χ2n) is 16.0. The van der Waals surface area contributed by atoms with Gasteiger partial charge in [-0.1, -0.05) is 23.3 Å². The molecule has 5 aliphatic rings. The Kier molecular flexibility index (Phi) is 8.42. The molecule has 284 valence electrons. The summed E-state index contributed by atoms with van der Waals surface area (Å²) >= 11 is 1.18. The van der Waals surface area contributed by atoms with E-state index in [1.54, 1.807) is 18.2 Å². The molecule has 0 N–H and O–H groups in total. The first-order valence-corrected chi connectivity index (χ1v) is 19.2. The lowest BCUT2D eigenvalue weighted by Gasteiger charge is -2.35. The Hall–Kier alpha value is -4.36. The van der Waals surface area contributed by atoms with E-state index in [2.05, 4.69) is 10.8 Å². The minimum atomic E-state index is -1.22. The summed E-state index contributed by atoms with van der Waals surface area (Å²) < 4.78 is 60.3. The predicted molar refractivity (Wildman–Crippen MR) is 198 cm³/mol. The van der Waals surface area contributed by atoms with Crippen LogP contribution < -0.4 is 19.1 Å². The molecule has 4 aromatic rings. The van der Waals surface area contributed by atoms with Gasteiger partial charge in [-0.15, -0.1) is 6.42 Å². The third kappa shape index (κ3) is 5.72. The number of hydrogen-bond acceptors (Lipinski definition) is 13. The van der Waals surface area contributed by atoms with E-state index in [4.69, 9.17) is 45.1 Å². The third-order valence-corrected chi connectivity index (χ3v) is 12.4. The number of esters is 1. The van der Waals surface area contributed by atoms with Crippen LogP contribution in [0.25, 0.3) is 21.1 Å². The van der Waals surface area contributed by atoms with E-state index in [0.717, 1.165) is 38.8 Å². The minimum absolute atomic E-state index is 0.0136. The molecule has 0 saturated carbocycles. The number of halogens is 2. The van der Waals surface area contributed by atoms with E-state index in [1.165, 1.54) is 24.5 Å². The van der Waals surface area contributed by atoms with Crippen LogP contribution in [0.2, 0.25) is 0 Å². The second-order valence-corrected chi connectivity index (χ2v) is 16.9. The number of benzene rings is 2. The minimum Gasteiger partial charge on any atom is -0.467 e. The average Bonchev–Trinajstić information content (AvgIpc) is 3.59. The molecule has 9 rings (SSSR count). The first-order chi connectivity index (χ1) is 25.9. The van der Waals surface area contributed by atoms with Crippen molar-refractivity contribution < 1.29 is 37.3 Å². The SMILES string of the molecule is C#Cc1c(F)ccc2cc(OCOC)cc(Oc3nc4c(N5CC6C(F)CC7(C(=O)OC(C)(C)C)C(C5)N67)nc(OCC56CCCN5CCC6)nc4s3)c12. The molecule has 0 aliphatic carbocycles. The van der Waals surface area contributed by atoms with Gasteiger partial charge in [0.25, 0.3) is 5.19 Å². The summed E-state index contributed by atoms with van der Waals surface area (Å²) in [6.07, 6.45) is 9.02. The van der Waals surface area contributed by atoms with Crippen molar-refractivity contribution in [1.29, 1.82) is 0 Å². The van der Waals surface area contributed by atoms with Gasteiger partial charge in [-0.25, -0.2) is 13.6 Å². The molecule has 7 heterocycles. The van der Waals surface area contributed by atoms with E-state index < -0.39 is 35.1 Å². The van der Waals surface area contributed by atoms with E-state index in [1.807, 2.05) is 30.6 Å². The highest BCUT2D eigenvalue weighted by molar-refractivity contribution is 7.19. The molecule has 12 nitrogen and oxygen atoms in total. The first-order valence-electron chi connectivity index (χ1n) is 18.4. The molecule has 5 unspecified atom stereocenters. The molecule has 0 bridgehead atoms. The molecule has 15 heteroatoms. The van der Waals surface area contributed by atoms with Crippen molar-refractivity contribution in [2.45, 2.75) is 87.8 Å². The number of fused-ring (bicyclic) bond motifs is 4. The van der Waals surface area contributed by atoms with Crippen molar-refractivity contribution in [2.75, 3.05) is 51.6 Å². The van der Waals surface area contributed by atoms with Crippen LogP contribution in [0.4, 0.5) is 14.6 Å². The van der Waals surface area contributed by atoms with Crippen molar-refractivity contribution in [3.8, 4) is 35.0 Å². The maximum atomic E-state index is 15.8. The quantitative estimate of drug-likeness (QED) is 0.0839. The molecule has 54 heavy (non-hydrogen) atoms. The van der Waals surface area contributed by atoms with Crippen LogP contribution in [0.1, 0.15) is 58.4 Å². The van der Waals surface area contributed by atoms with E-state index >= 15 is 8.78 Å². The van der Waals surface area contributed by atoms with Crippen LogP contribution in [0.15, 0.2) is 24.3 Å². The van der Waals surface area contributed by atoms with Crippen LogP contribution in [0.5, 0.6) is 22.7 Å². The standard InChI is InChI=1S/C39H42F2N6O6S/c1-6-24-25(40)10-9-22-15-23(51-21-49-5)16-28(30(22)24)52-36-42-31-32(43-35(44-33(31)54-36)50-20-38-11-7-13-46(38)14-8-12-38)45-18-27-26(41)17-39(29(19-45)47(27)39)34(48)53-37(2,3)4/h1,9-10,15-16,26-27,29H,7-8,11-14,17-21H2,2-5H3. The normalized spacial score (nSPS) is 26.8. The van der Waals surface area contributed by atoms with Crippen molar-refractivity contribution in [2.24, 2.45) is 0 Å². The molecule has 5 fully saturated rings. The Morgan fingerprint density at radius 2 is 1.91 bits per heavy atom. The Bertz CT molecular complexity index is 2200. The second kappa shape index (κ2) is 12.9. The number of alkyl halides is 1. The van der Waals surface area contributed by atoms with Crippen molar-refractivity contribution >= 4 is 44.2 Å². The number of nitrogens with zero attached hydrogens (tertiary/aromatic N) is 6. The summed E-state index contributed by atoms with van der Waals surface area (Å²) in [5.74, 6) is 2.63. The Morgan fingerprint density at radius 3 is 2.65 bits per heavy atom. The molecule has 0 radical (unpaired) electrons.